The zero-order valence-electron chi connectivity index (χ0n) is 10.9. The van der Waals surface area contributed by atoms with Crippen LogP contribution in [0.15, 0.2) is 5.38 Å². The molecule has 0 saturated carbocycles. The molecular weight excluding hydrogens is 272 g/mol. The summed E-state index contributed by atoms with van der Waals surface area (Å²) in [6.07, 6.45) is 0.631. The van der Waals surface area contributed by atoms with Crippen molar-refractivity contribution in [3.8, 4) is 0 Å². The summed E-state index contributed by atoms with van der Waals surface area (Å²) in [6, 6.07) is 0. The summed E-state index contributed by atoms with van der Waals surface area (Å²) in [4.78, 5) is 4.23. The van der Waals surface area contributed by atoms with Crippen molar-refractivity contribution in [3.63, 3.8) is 0 Å². The Kier molecular flexibility index (Phi) is 5.51. The van der Waals surface area contributed by atoms with Gasteiger partial charge in [-0.25, -0.2) is 9.71 Å². The summed E-state index contributed by atoms with van der Waals surface area (Å²) in [5.41, 5.74) is 6.25. The van der Waals surface area contributed by atoms with Gasteiger partial charge >= 0.3 is 10.2 Å². The molecule has 6 nitrogen and oxygen atoms in total. The van der Waals surface area contributed by atoms with Gasteiger partial charge in [-0.2, -0.15) is 12.7 Å². The van der Waals surface area contributed by atoms with Gasteiger partial charge in [0.05, 0.1) is 5.69 Å². The lowest BCUT2D eigenvalue weighted by Gasteiger charge is -2.16. The molecule has 0 aromatic carbocycles. The molecule has 0 atom stereocenters. The topological polar surface area (TPSA) is 88.3 Å². The van der Waals surface area contributed by atoms with E-state index in [2.05, 4.69) is 9.71 Å². The minimum absolute atomic E-state index is 0.287. The van der Waals surface area contributed by atoms with Crippen LogP contribution >= 0.6 is 11.3 Å². The van der Waals surface area contributed by atoms with E-state index < -0.39 is 10.2 Å². The van der Waals surface area contributed by atoms with Crippen molar-refractivity contribution in [2.45, 2.75) is 26.2 Å². The SMILES string of the molecule is CC(C)c1csc(NS(=O)(=O)N(C)CCCN)n1. The highest BCUT2D eigenvalue weighted by molar-refractivity contribution is 7.90. The van der Waals surface area contributed by atoms with Gasteiger partial charge < -0.3 is 5.73 Å². The Bertz CT molecular complexity index is 470. The summed E-state index contributed by atoms with van der Waals surface area (Å²) in [6.45, 7) is 4.89. The van der Waals surface area contributed by atoms with Gasteiger partial charge in [0.25, 0.3) is 0 Å². The van der Waals surface area contributed by atoms with Crippen LogP contribution in [0, 0.1) is 0 Å². The summed E-state index contributed by atoms with van der Waals surface area (Å²) in [5, 5.41) is 2.26. The van der Waals surface area contributed by atoms with Gasteiger partial charge in [-0.3, -0.25) is 0 Å². The lowest BCUT2D eigenvalue weighted by Crippen LogP contribution is -2.34. The van der Waals surface area contributed by atoms with Crippen LogP contribution in [0.1, 0.15) is 31.9 Å². The molecule has 1 rings (SSSR count). The third-order valence-electron chi connectivity index (χ3n) is 2.42. The predicted molar refractivity (Wildman–Crippen MR) is 75.0 cm³/mol. The van der Waals surface area contributed by atoms with Crippen molar-refractivity contribution in [1.82, 2.24) is 9.29 Å². The molecule has 0 radical (unpaired) electrons. The highest BCUT2D eigenvalue weighted by Gasteiger charge is 2.18. The molecule has 0 aliphatic rings. The number of thiazole rings is 1. The van der Waals surface area contributed by atoms with Gasteiger partial charge in [-0.05, 0) is 18.9 Å². The van der Waals surface area contributed by atoms with Crippen LogP contribution < -0.4 is 10.5 Å². The zero-order chi connectivity index (χ0) is 13.8. The number of nitrogens with two attached hydrogens (primary N) is 1. The smallest absolute Gasteiger partial charge is 0.303 e. The number of hydrogen-bond donors (Lipinski definition) is 2. The number of anilines is 1. The molecule has 18 heavy (non-hydrogen) atoms. The molecule has 1 heterocycles. The molecule has 1 aromatic heterocycles. The van der Waals surface area contributed by atoms with Crippen molar-refractivity contribution in [1.29, 1.82) is 0 Å². The fourth-order valence-corrected chi connectivity index (χ4v) is 3.24. The first-order valence-electron chi connectivity index (χ1n) is 5.76. The molecule has 0 aliphatic carbocycles. The second-order valence-corrected chi connectivity index (χ2v) is 6.94. The highest BCUT2D eigenvalue weighted by Crippen LogP contribution is 2.22. The Morgan fingerprint density at radius 1 is 1.56 bits per heavy atom. The van der Waals surface area contributed by atoms with Crippen LogP contribution in [0.4, 0.5) is 5.13 Å². The molecular formula is C10H20N4O2S2. The number of nitrogens with zero attached hydrogens (tertiary/aromatic N) is 2. The maximum absolute atomic E-state index is 11.9. The third kappa shape index (κ3) is 4.20. The van der Waals surface area contributed by atoms with Crippen molar-refractivity contribution < 1.29 is 8.42 Å². The average Bonchev–Trinajstić information content (AvgIpc) is 2.73. The van der Waals surface area contributed by atoms with E-state index in [1.165, 1.54) is 22.7 Å². The van der Waals surface area contributed by atoms with E-state index in [-0.39, 0.29) is 5.92 Å². The molecule has 3 N–H and O–H groups in total. The summed E-state index contributed by atoms with van der Waals surface area (Å²) < 4.78 is 27.6. The maximum Gasteiger partial charge on any atom is 0.303 e. The summed E-state index contributed by atoms with van der Waals surface area (Å²) in [7, 11) is -2.00. The fraction of sp³-hybridized carbons (Fsp3) is 0.700. The number of hydrogen-bond acceptors (Lipinski definition) is 5. The quantitative estimate of drug-likeness (QED) is 0.790. The fourth-order valence-electron chi connectivity index (χ4n) is 1.22. The third-order valence-corrected chi connectivity index (χ3v) is 4.78. The van der Waals surface area contributed by atoms with Crippen LogP contribution in [0.3, 0.4) is 0 Å². The molecule has 0 bridgehead atoms. The average molecular weight is 292 g/mol. The molecule has 0 fully saturated rings. The lowest BCUT2D eigenvalue weighted by molar-refractivity contribution is 0.468. The van der Waals surface area contributed by atoms with E-state index in [0.29, 0.717) is 24.6 Å². The first kappa shape index (κ1) is 15.4. The maximum atomic E-state index is 11.9. The van der Waals surface area contributed by atoms with E-state index in [1.807, 2.05) is 19.2 Å². The number of nitrogens with one attached hydrogen (secondary N) is 1. The molecule has 1 aromatic rings. The zero-order valence-corrected chi connectivity index (χ0v) is 12.5. The first-order valence-corrected chi connectivity index (χ1v) is 8.08. The summed E-state index contributed by atoms with van der Waals surface area (Å²) >= 11 is 1.29. The van der Waals surface area contributed by atoms with Crippen molar-refractivity contribution >= 4 is 26.7 Å². The molecule has 104 valence electrons. The normalized spacial score (nSPS) is 12.3. The summed E-state index contributed by atoms with van der Waals surface area (Å²) in [5.74, 6) is 0.287. The Balaban J connectivity index is 2.69. The molecule has 8 heteroatoms. The Labute approximate surface area is 112 Å². The van der Waals surface area contributed by atoms with Gasteiger partial charge in [0, 0.05) is 19.0 Å². The first-order chi connectivity index (χ1) is 8.36. The predicted octanol–water partition coefficient (Wildman–Crippen LogP) is 1.20. The number of aromatic nitrogens is 1. The monoisotopic (exact) mass is 292 g/mol. The van der Waals surface area contributed by atoms with Gasteiger partial charge in [-0.1, -0.05) is 13.8 Å². The minimum Gasteiger partial charge on any atom is -0.330 e. The van der Waals surface area contributed by atoms with Crippen LogP contribution in [-0.4, -0.2) is 37.8 Å². The van der Waals surface area contributed by atoms with E-state index >= 15 is 0 Å². The molecule has 0 amide bonds. The van der Waals surface area contributed by atoms with E-state index in [0.717, 1.165) is 5.69 Å². The Morgan fingerprint density at radius 2 is 2.22 bits per heavy atom. The van der Waals surface area contributed by atoms with E-state index in [9.17, 15) is 8.42 Å². The van der Waals surface area contributed by atoms with Gasteiger partial charge in [0.15, 0.2) is 5.13 Å². The lowest BCUT2D eigenvalue weighted by atomic mass is 10.2. The van der Waals surface area contributed by atoms with Gasteiger partial charge in [0.1, 0.15) is 0 Å². The van der Waals surface area contributed by atoms with Crippen LogP contribution in [0.2, 0.25) is 0 Å². The molecule has 0 aliphatic heterocycles. The Morgan fingerprint density at radius 3 is 2.72 bits per heavy atom. The van der Waals surface area contributed by atoms with E-state index in [1.54, 1.807) is 0 Å². The highest BCUT2D eigenvalue weighted by atomic mass is 32.2. The van der Waals surface area contributed by atoms with E-state index in [4.69, 9.17) is 5.73 Å². The largest absolute Gasteiger partial charge is 0.330 e. The van der Waals surface area contributed by atoms with Gasteiger partial charge in [-0.15, -0.1) is 11.3 Å². The minimum atomic E-state index is -3.52. The van der Waals surface area contributed by atoms with Crippen molar-refractivity contribution in [3.05, 3.63) is 11.1 Å². The van der Waals surface area contributed by atoms with Crippen LogP contribution in [0.5, 0.6) is 0 Å². The van der Waals surface area contributed by atoms with Crippen LogP contribution in [-0.2, 0) is 10.2 Å². The standard InChI is InChI=1S/C10H20N4O2S2/c1-8(2)9-7-17-10(12-9)13-18(15,16)14(3)6-4-5-11/h7-8H,4-6,11H2,1-3H3,(H,12,13). The van der Waals surface area contributed by atoms with Gasteiger partial charge in [0.2, 0.25) is 0 Å². The second kappa shape index (κ2) is 6.46. The molecule has 0 unspecified atom stereocenters. The van der Waals surface area contributed by atoms with Crippen LogP contribution in [0.25, 0.3) is 0 Å². The molecule has 0 spiro atoms. The Hall–Kier alpha value is -0.700. The number of rotatable bonds is 7. The van der Waals surface area contributed by atoms with Crippen molar-refractivity contribution in [2.24, 2.45) is 5.73 Å². The van der Waals surface area contributed by atoms with Crippen molar-refractivity contribution in [2.75, 3.05) is 24.9 Å². The molecule has 0 saturated heterocycles. The second-order valence-electron chi connectivity index (χ2n) is 4.30.